The summed E-state index contributed by atoms with van der Waals surface area (Å²) in [4.78, 5) is 15.2. The van der Waals surface area contributed by atoms with Gasteiger partial charge in [0.25, 0.3) is 0 Å². The van der Waals surface area contributed by atoms with Crippen molar-refractivity contribution < 1.29 is 19.0 Å². The van der Waals surface area contributed by atoms with Gasteiger partial charge in [-0.3, -0.25) is 0 Å². The van der Waals surface area contributed by atoms with Crippen molar-refractivity contribution in [3.8, 4) is 17.2 Å². The largest absolute Gasteiger partial charge is 0.497 e. The number of carbonyl (C=O) groups is 1. The molecule has 1 aliphatic carbocycles. The summed E-state index contributed by atoms with van der Waals surface area (Å²) in [5.41, 5.74) is 3.12. The molecule has 2 fully saturated rings. The standard InChI is InChI=1S/C26H35N3O4/c1-17-14-20(31-3)7-8-21(17)28-25(30)27-19-10-11-26(12-13-29(2)24(26)16-19)18-6-9-22(32-4)23(15-18)33-5/h6-9,14-15,19,24H,10-13,16H2,1-5H3,(H2,27,28,30)/t19-,24+,26-/m0/s1. The quantitative estimate of drug-likeness (QED) is 0.681. The summed E-state index contributed by atoms with van der Waals surface area (Å²) < 4.78 is 16.3. The molecule has 0 radical (unpaired) electrons. The molecule has 7 nitrogen and oxygen atoms in total. The topological polar surface area (TPSA) is 72.1 Å². The Labute approximate surface area is 196 Å². The second-order valence-electron chi connectivity index (χ2n) is 9.22. The third-order valence-corrected chi connectivity index (χ3v) is 7.50. The number of amides is 2. The summed E-state index contributed by atoms with van der Waals surface area (Å²) in [5, 5.41) is 6.21. The number of hydrogen-bond donors (Lipinski definition) is 2. The number of anilines is 1. The van der Waals surface area contributed by atoms with Crippen molar-refractivity contribution in [3.05, 3.63) is 47.5 Å². The Hall–Kier alpha value is -2.93. The van der Waals surface area contributed by atoms with Crippen LogP contribution in [0.5, 0.6) is 17.2 Å². The predicted octanol–water partition coefficient (Wildman–Crippen LogP) is 4.34. The SMILES string of the molecule is COc1ccc(NC(=O)N[C@H]2CC[C@@]3(c4ccc(OC)c(OC)c4)CCN(C)[C@@H]3C2)c(C)c1. The normalized spacial score (nSPS) is 24.6. The number of benzene rings is 2. The Kier molecular flexibility index (Phi) is 6.70. The lowest BCUT2D eigenvalue weighted by Crippen LogP contribution is -2.52. The summed E-state index contributed by atoms with van der Waals surface area (Å²) in [7, 11) is 7.18. The molecule has 0 aromatic heterocycles. The highest BCUT2D eigenvalue weighted by Gasteiger charge is 2.50. The van der Waals surface area contributed by atoms with Crippen LogP contribution in [0.25, 0.3) is 0 Å². The van der Waals surface area contributed by atoms with Crippen LogP contribution in [0.4, 0.5) is 10.5 Å². The van der Waals surface area contributed by atoms with Crippen LogP contribution in [-0.4, -0.2) is 57.9 Å². The first-order chi connectivity index (χ1) is 15.9. The van der Waals surface area contributed by atoms with E-state index in [1.54, 1.807) is 21.3 Å². The molecule has 0 spiro atoms. The summed E-state index contributed by atoms with van der Waals surface area (Å²) in [6, 6.07) is 12.3. The molecule has 1 aliphatic heterocycles. The molecule has 3 atom stereocenters. The number of likely N-dealkylation sites (tertiary alicyclic amines) is 1. The monoisotopic (exact) mass is 453 g/mol. The van der Waals surface area contributed by atoms with Crippen LogP contribution in [0, 0.1) is 6.92 Å². The molecule has 0 bridgehead atoms. The molecule has 1 saturated carbocycles. The Morgan fingerprint density at radius 3 is 2.52 bits per heavy atom. The maximum Gasteiger partial charge on any atom is 0.319 e. The number of ether oxygens (including phenoxy) is 3. The van der Waals surface area contributed by atoms with E-state index in [9.17, 15) is 4.79 Å². The molecular formula is C26H35N3O4. The molecule has 2 aromatic rings. The summed E-state index contributed by atoms with van der Waals surface area (Å²) in [5.74, 6) is 2.30. The van der Waals surface area contributed by atoms with Crippen molar-refractivity contribution >= 4 is 11.7 Å². The average Bonchev–Trinajstić information content (AvgIpc) is 3.16. The van der Waals surface area contributed by atoms with E-state index in [4.69, 9.17) is 14.2 Å². The summed E-state index contributed by atoms with van der Waals surface area (Å²) in [6.07, 6.45) is 3.98. The number of fused-ring (bicyclic) bond motifs is 1. The van der Waals surface area contributed by atoms with Crippen LogP contribution in [0.15, 0.2) is 36.4 Å². The molecule has 7 heteroatoms. The second-order valence-corrected chi connectivity index (χ2v) is 9.22. The number of nitrogens with zero attached hydrogens (tertiary/aromatic N) is 1. The van der Waals surface area contributed by atoms with E-state index in [0.717, 1.165) is 60.7 Å². The van der Waals surface area contributed by atoms with Crippen molar-refractivity contribution in [1.29, 1.82) is 0 Å². The van der Waals surface area contributed by atoms with E-state index in [-0.39, 0.29) is 17.5 Å². The first-order valence-corrected chi connectivity index (χ1v) is 11.5. The second kappa shape index (κ2) is 9.51. The number of urea groups is 1. The van der Waals surface area contributed by atoms with E-state index in [2.05, 4.69) is 34.7 Å². The fourth-order valence-corrected chi connectivity index (χ4v) is 5.64. The highest BCUT2D eigenvalue weighted by Crippen LogP contribution is 2.49. The lowest BCUT2D eigenvalue weighted by molar-refractivity contribution is 0.156. The van der Waals surface area contributed by atoms with Gasteiger partial charge in [-0.2, -0.15) is 0 Å². The van der Waals surface area contributed by atoms with Gasteiger partial charge in [0.2, 0.25) is 0 Å². The number of nitrogens with one attached hydrogen (secondary N) is 2. The van der Waals surface area contributed by atoms with Crippen LogP contribution in [0.3, 0.4) is 0 Å². The zero-order chi connectivity index (χ0) is 23.6. The predicted molar refractivity (Wildman–Crippen MR) is 130 cm³/mol. The minimum absolute atomic E-state index is 0.0650. The summed E-state index contributed by atoms with van der Waals surface area (Å²) >= 11 is 0. The number of methoxy groups -OCH3 is 3. The molecule has 2 aromatic carbocycles. The molecule has 0 unspecified atom stereocenters. The minimum Gasteiger partial charge on any atom is -0.497 e. The molecule has 2 amide bonds. The van der Waals surface area contributed by atoms with Crippen molar-refractivity contribution in [2.24, 2.45) is 0 Å². The van der Waals surface area contributed by atoms with E-state index in [1.807, 2.05) is 31.2 Å². The fourth-order valence-electron chi connectivity index (χ4n) is 5.64. The van der Waals surface area contributed by atoms with Gasteiger partial charge in [0.15, 0.2) is 11.5 Å². The summed E-state index contributed by atoms with van der Waals surface area (Å²) in [6.45, 7) is 3.01. The Morgan fingerprint density at radius 2 is 1.82 bits per heavy atom. The van der Waals surface area contributed by atoms with Crippen molar-refractivity contribution in [2.75, 3.05) is 40.2 Å². The van der Waals surface area contributed by atoms with Gasteiger partial charge < -0.3 is 29.7 Å². The Balaban J connectivity index is 1.47. The average molecular weight is 454 g/mol. The first kappa shape index (κ1) is 23.2. The zero-order valence-corrected chi connectivity index (χ0v) is 20.2. The van der Waals surface area contributed by atoms with Gasteiger partial charge in [-0.15, -0.1) is 0 Å². The van der Waals surface area contributed by atoms with Crippen LogP contribution in [0.1, 0.15) is 36.8 Å². The molecule has 178 valence electrons. The van der Waals surface area contributed by atoms with E-state index in [0.29, 0.717) is 6.04 Å². The van der Waals surface area contributed by atoms with Crippen LogP contribution >= 0.6 is 0 Å². The van der Waals surface area contributed by atoms with Gasteiger partial charge in [-0.1, -0.05) is 6.07 Å². The van der Waals surface area contributed by atoms with Crippen molar-refractivity contribution in [2.45, 2.75) is 50.1 Å². The lowest BCUT2D eigenvalue weighted by atomic mass is 9.65. The number of carbonyl (C=O) groups excluding carboxylic acids is 1. The molecule has 33 heavy (non-hydrogen) atoms. The van der Waals surface area contributed by atoms with Crippen LogP contribution < -0.4 is 24.8 Å². The van der Waals surface area contributed by atoms with Gasteiger partial charge in [0.1, 0.15) is 5.75 Å². The highest BCUT2D eigenvalue weighted by molar-refractivity contribution is 5.90. The molecular weight excluding hydrogens is 418 g/mol. The van der Waals surface area contributed by atoms with Gasteiger partial charge >= 0.3 is 6.03 Å². The van der Waals surface area contributed by atoms with Crippen LogP contribution in [-0.2, 0) is 5.41 Å². The Morgan fingerprint density at radius 1 is 1.03 bits per heavy atom. The minimum atomic E-state index is -0.160. The van der Waals surface area contributed by atoms with Gasteiger partial charge in [0.05, 0.1) is 21.3 Å². The highest BCUT2D eigenvalue weighted by atomic mass is 16.5. The number of rotatable bonds is 6. The van der Waals surface area contributed by atoms with E-state index in [1.165, 1.54) is 5.56 Å². The maximum absolute atomic E-state index is 12.8. The molecule has 2 aliphatic rings. The number of likely N-dealkylation sites (N-methyl/N-ethyl adjacent to an activating group) is 1. The van der Waals surface area contributed by atoms with E-state index >= 15 is 0 Å². The fraction of sp³-hybridized carbons (Fsp3) is 0.500. The first-order valence-electron chi connectivity index (χ1n) is 11.5. The van der Waals surface area contributed by atoms with Crippen LogP contribution in [0.2, 0.25) is 0 Å². The van der Waals surface area contributed by atoms with Gasteiger partial charge in [-0.25, -0.2) is 4.79 Å². The number of aryl methyl sites for hydroxylation is 1. The molecule has 1 saturated heterocycles. The van der Waals surface area contributed by atoms with E-state index < -0.39 is 0 Å². The van der Waals surface area contributed by atoms with Crippen molar-refractivity contribution in [1.82, 2.24) is 10.2 Å². The number of hydrogen-bond acceptors (Lipinski definition) is 5. The zero-order valence-electron chi connectivity index (χ0n) is 20.2. The third-order valence-electron chi connectivity index (χ3n) is 7.50. The van der Waals surface area contributed by atoms with Gasteiger partial charge in [-0.05, 0) is 87.7 Å². The Bertz CT molecular complexity index is 1010. The molecule has 2 N–H and O–H groups in total. The maximum atomic E-state index is 12.8. The van der Waals surface area contributed by atoms with Crippen molar-refractivity contribution in [3.63, 3.8) is 0 Å². The third kappa shape index (κ3) is 4.47. The van der Waals surface area contributed by atoms with Gasteiger partial charge in [0, 0.05) is 23.2 Å². The lowest BCUT2D eigenvalue weighted by Gasteiger charge is -2.45. The smallest absolute Gasteiger partial charge is 0.319 e. The molecule has 4 rings (SSSR count). The molecule has 1 heterocycles.